The van der Waals surface area contributed by atoms with E-state index < -0.39 is 0 Å². The second kappa shape index (κ2) is 5.46. The molecule has 0 saturated heterocycles. The van der Waals surface area contributed by atoms with E-state index in [2.05, 4.69) is 20.8 Å². The molecular weight excluding hydrogens is 268 g/mol. The molecule has 104 valence electrons. The maximum Gasteiger partial charge on any atom is 0.269 e. The van der Waals surface area contributed by atoms with Crippen molar-refractivity contribution in [3.63, 3.8) is 0 Å². The molecule has 0 aliphatic heterocycles. The fraction of sp³-hybridized carbons (Fsp3) is 0. The first-order valence-electron chi connectivity index (χ1n) is 6.29. The average molecular weight is 280 g/mol. The highest BCUT2D eigenvalue weighted by Crippen LogP contribution is 2.17. The van der Waals surface area contributed by atoms with Gasteiger partial charge in [0.05, 0.1) is 5.52 Å². The Morgan fingerprint density at radius 1 is 1.00 bits per heavy atom. The van der Waals surface area contributed by atoms with Gasteiger partial charge in [-0.3, -0.25) is 15.6 Å². The fourth-order valence-electron chi connectivity index (χ4n) is 1.91. The molecule has 1 amide bonds. The van der Waals surface area contributed by atoms with Crippen LogP contribution in [-0.4, -0.2) is 21.0 Å². The van der Waals surface area contributed by atoms with E-state index in [1.165, 1.54) is 30.6 Å². The Morgan fingerprint density at radius 3 is 2.57 bits per heavy atom. The zero-order chi connectivity index (χ0) is 14.7. The Bertz CT molecular complexity index is 782. The van der Waals surface area contributed by atoms with E-state index >= 15 is 0 Å². The van der Waals surface area contributed by atoms with Crippen molar-refractivity contribution in [3.8, 4) is 5.75 Å². The molecule has 3 N–H and O–H groups in total. The normalized spacial score (nSPS) is 10.3. The molecule has 0 radical (unpaired) electrons. The maximum atomic E-state index is 12.0. The Hall–Kier alpha value is -3.15. The molecule has 0 aliphatic carbocycles. The van der Waals surface area contributed by atoms with Crippen LogP contribution in [0.25, 0.3) is 10.9 Å². The number of rotatable bonds is 3. The van der Waals surface area contributed by atoms with Crippen LogP contribution in [-0.2, 0) is 0 Å². The number of anilines is 1. The predicted molar refractivity (Wildman–Crippen MR) is 78.7 cm³/mol. The van der Waals surface area contributed by atoms with Gasteiger partial charge in [0.1, 0.15) is 12.1 Å². The van der Waals surface area contributed by atoms with Gasteiger partial charge in [0.15, 0.2) is 5.82 Å². The van der Waals surface area contributed by atoms with Crippen LogP contribution in [0, 0.1) is 0 Å². The first kappa shape index (κ1) is 12.9. The molecule has 0 saturated carbocycles. The van der Waals surface area contributed by atoms with Gasteiger partial charge < -0.3 is 5.11 Å². The highest BCUT2D eigenvalue weighted by atomic mass is 16.3. The molecule has 0 atom stereocenters. The molecule has 1 heterocycles. The summed E-state index contributed by atoms with van der Waals surface area (Å²) in [6.07, 6.45) is 1.43. The summed E-state index contributed by atoms with van der Waals surface area (Å²) >= 11 is 0. The largest absolute Gasteiger partial charge is 0.508 e. The van der Waals surface area contributed by atoms with Gasteiger partial charge in [-0.05, 0) is 36.4 Å². The molecule has 1 aromatic heterocycles. The number of aromatic hydroxyl groups is 1. The first-order chi connectivity index (χ1) is 10.2. The van der Waals surface area contributed by atoms with Crippen molar-refractivity contribution in [2.45, 2.75) is 0 Å². The third-order valence-electron chi connectivity index (χ3n) is 2.97. The van der Waals surface area contributed by atoms with Gasteiger partial charge >= 0.3 is 0 Å². The van der Waals surface area contributed by atoms with E-state index in [0.29, 0.717) is 11.4 Å². The van der Waals surface area contributed by atoms with Crippen molar-refractivity contribution < 1.29 is 9.90 Å². The molecule has 21 heavy (non-hydrogen) atoms. The van der Waals surface area contributed by atoms with Crippen LogP contribution in [0.2, 0.25) is 0 Å². The van der Waals surface area contributed by atoms with Gasteiger partial charge in [-0.2, -0.15) is 0 Å². The third kappa shape index (κ3) is 2.74. The number of benzene rings is 2. The number of para-hydroxylation sites is 1. The number of phenols is 1. The summed E-state index contributed by atoms with van der Waals surface area (Å²) in [5, 5.41) is 10.0. The predicted octanol–water partition coefficient (Wildman–Crippen LogP) is 2.09. The van der Waals surface area contributed by atoms with Gasteiger partial charge in [0.25, 0.3) is 5.91 Å². The number of aromatic nitrogens is 2. The van der Waals surface area contributed by atoms with Gasteiger partial charge in [-0.25, -0.2) is 9.97 Å². The van der Waals surface area contributed by atoms with Crippen LogP contribution >= 0.6 is 0 Å². The number of fused-ring (bicyclic) bond motifs is 1. The van der Waals surface area contributed by atoms with E-state index in [1.54, 1.807) is 0 Å². The maximum absolute atomic E-state index is 12.0. The summed E-state index contributed by atoms with van der Waals surface area (Å²) in [5.74, 6) is 0.312. The second-order valence-corrected chi connectivity index (χ2v) is 4.37. The quantitative estimate of drug-likeness (QED) is 0.639. The monoisotopic (exact) mass is 280 g/mol. The van der Waals surface area contributed by atoms with E-state index in [1.807, 2.05) is 24.3 Å². The Labute approximate surface area is 120 Å². The van der Waals surface area contributed by atoms with Gasteiger partial charge in [0, 0.05) is 10.9 Å². The van der Waals surface area contributed by atoms with Crippen molar-refractivity contribution >= 4 is 22.6 Å². The summed E-state index contributed by atoms with van der Waals surface area (Å²) in [6, 6.07) is 13.5. The van der Waals surface area contributed by atoms with E-state index in [-0.39, 0.29) is 11.7 Å². The third-order valence-corrected chi connectivity index (χ3v) is 2.97. The molecule has 0 bridgehead atoms. The molecule has 0 fully saturated rings. The molecule has 3 rings (SSSR count). The highest BCUT2D eigenvalue weighted by molar-refractivity contribution is 5.96. The van der Waals surface area contributed by atoms with Crippen LogP contribution in [0.1, 0.15) is 10.4 Å². The number of hydrogen-bond acceptors (Lipinski definition) is 5. The molecular formula is C15H12N4O2. The number of carbonyl (C=O) groups excluding carboxylic acids is 1. The molecule has 3 aromatic rings. The summed E-state index contributed by atoms with van der Waals surface area (Å²) in [4.78, 5) is 20.2. The highest BCUT2D eigenvalue weighted by Gasteiger charge is 2.07. The molecule has 0 unspecified atom stereocenters. The Morgan fingerprint density at radius 2 is 1.76 bits per heavy atom. The molecule has 2 aromatic carbocycles. The Balaban J connectivity index is 1.77. The molecule has 6 nitrogen and oxygen atoms in total. The van der Waals surface area contributed by atoms with Crippen molar-refractivity contribution in [2.24, 2.45) is 0 Å². The van der Waals surface area contributed by atoms with Crippen molar-refractivity contribution in [2.75, 3.05) is 5.43 Å². The van der Waals surface area contributed by atoms with Crippen LogP contribution in [0.5, 0.6) is 5.75 Å². The zero-order valence-corrected chi connectivity index (χ0v) is 10.9. The van der Waals surface area contributed by atoms with Crippen LogP contribution < -0.4 is 10.9 Å². The number of phenolic OH excluding ortho intramolecular Hbond substituents is 1. The minimum Gasteiger partial charge on any atom is -0.508 e. The van der Waals surface area contributed by atoms with Gasteiger partial charge in [0.2, 0.25) is 0 Å². The summed E-state index contributed by atoms with van der Waals surface area (Å²) in [6.45, 7) is 0. The zero-order valence-electron chi connectivity index (χ0n) is 10.9. The standard InChI is InChI=1S/C15H12N4O2/c20-11-7-5-10(6-8-11)15(21)19-18-14-12-3-1-2-4-13(12)16-9-17-14/h1-9,20H,(H,19,21)(H,16,17,18). The lowest BCUT2D eigenvalue weighted by Gasteiger charge is -2.09. The van der Waals surface area contributed by atoms with Crippen molar-refractivity contribution in [1.82, 2.24) is 15.4 Å². The minimum atomic E-state index is -0.322. The number of carbonyl (C=O) groups is 1. The number of nitrogens with zero attached hydrogens (tertiary/aromatic N) is 2. The SMILES string of the molecule is O=C(NNc1ncnc2ccccc12)c1ccc(O)cc1. The fourth-order valence-corrected chi connectivity index (χ4v) is 1.91. The lowest BCUT2D eigenvalue weighted by Crippen LogP contribution is -2.29. The number of hydrazine groups is 1. The number of hydrogen-bond donors (Lipinski definition) is 3. The van der Waals surface area contributed by atoms with Gasteiger partial charge in [-0.15, -0.1) is 0 Å². The smallest absolute Gasteiger partial charge is 0.269 e. The van der Waals surface area contributed by atoms with Crippen LogP contribution in [0.3, 0.4) is 0 Å². The van der Waals surface area contributed by atoms with Crippen LogP contribution in [0.4, 0.5) is 5.82 Å². The lowest BCUT2D eigenvalue weighted by atomic mass is 10.2. The summed E-state index contributed by atoms with van der Waals surface area (Å²) in [5.41, 5.74) is 6.57. The van der Waals surface area contributed by atoms with Crippen LogP contribution in [0.15, 0.2) is 54.9 Å². The molecule has 0 aliphatic rings. The summed E-state index contributed by atoms with van der Waals surface area (Å²) < 4.78 is 0. The Kier molecular flexibility index (Phi) is 3.34. The minimum absolute atomic E-state index is 0.112. The van der Waals surface area contributed by atoms with Crippen molar-refractivity contribution in [3.05, 3.63) is 60.4 Å². The average Bonchev–Trinajstić information content (AvgIpc) is 2.53. The first-order valence-corrected chi connectivity index (χ1v) is 6.29. The topological polar surface area (TPSA) is 87.1 Å². The number of nitrogens with one attached hydrogen (secondary N) is 2. The van der Waals surface area contributed by atoms with E-state index in [4.69, 9.17) is 0 Å². The number of amides is 1. The van der Waals surface area contributed by atoms with E-state index in [9.17, 15) is 9.90 Å². The lowest BCUT2D eigenvalue weighted by molar-refractivity contribution is 0.0962. The van der Waals surface area contributed by atoms with Gasteiger partial charge in [-0.1, -0.05) is 12.1 Å². The van der Waals surface area contributed by atoms with E-state index in [0.717, 1.165) is 10.9 Å². The molecule has 6 heteroatoms. The second-order valence-electron chi connectivity index (χ2n) is 4.37. The summed E-state index contributed by atoms with van der Waals surface area (Å²) in [7, 11) is 0. The molecule has 0 spiro atoms. The van der Waals surface area contributed by atoms with Crippen molar-refractivity contribution in [1.29, 1.82) is 0 Å².